The smallest absolute Gasteiger partial charge is 0.233 e. The number of aromatic nitrogens is 1. The van der Waals surface area contributed by atoms with Crippen LogP contribution >= 0.6 is 11.8 Å². The molecule has 0 aliphatic carbocycles. The topological polar surface area (TPSA) is 42.0 Å². The molecule has 3 aromatic rings. The molecule has 1 unspecified atom stereocenters. The van der Waals surface area contributed by atoms with E-state index in [1.54, 1.807) is 0 Å². The van der Waals surface area contributed by atoms with E-state index in [0.717, 1.165) is 27.1 Å². The van der Waals surface area contributed by atoms with Gasteiger partial charge in [0.25, 0.3) is 0 Å². The lowest BCUT2D eigenvalue weighted by Gasteiger charge is -2.14. The van der Waals surface area contributed by atoms with Crippen LogP contribution < -0.4 is 5.32 Å². The van der Waals surface area contributed by atoms with Crippen molar-refractivity contribution in [1.82, 2.24) is 10.3 Å². The molecule has 4 heteroatoms. The number of aryl methyl sites for hydroxylation is 2. The first-order valence-electron chi connectivity index (χ1n) is 8.39. The Morgan fingerprint density at radius 1 is 1.12 bits per heavy atom. The molecule has 1 atom stereocenters. The summed E-state index contributed by atoms with van der Waals surface area (Å²) in [7, 11) is 0. The maximum absolute atomic E-state index is 12.4. The van der Waals surface area contributed by atoms with Gasteiger partial charge in [0.05, 0.1) is 10.8 Å². The van der Waals surface area contributed by atoms with Gasteiger partial charge in [-0.3, -0.25) is 4.79 Å². The van der Waals surface area contributed by atoms with E-state index in [2.05, 4.69) is 30.4 Å². The van der Waals surface area contributed by atoms with Gasteiger partial charge in [0.2, 0.25) is 5.91 Å². The summed E-state index contributed by atoms with van der Waals surface area (Å²) in [6.07, 6.45) is 0. The molecule has 0 spiro atoms. The van der Waals surface area contributed by atoms with E-state index >= 15 is 0 Å². The second kappa shape index (κ2) is 7.70. The monoisotopic (exact) mass is 350 g/mol. The Kier molecular flexibility index (Phi) is 5.39. The number of carbonyl (C=O) groups excluding carboxylic acids is 1. The Labute approximate surface area is 152 Å². The van der Waals surface area contributed by atoms with Gasteiger partial charge in [-0.05, 0) is 50.1 Å². The SMILES string of the molecule is Cc1ccc2nc(SC(C)C(=O)NCc3ccccc3)c(C)cc2c1. The molecule has 0 saturated heterocycles. The number of pyridine rings is 1. The fourth-order valence-corrected chi connectivity index (χ4v) is 3.57. The van der Waals surface area contributed by atoms with E-state index in [-0.39, 0.29) is 11.2 Å². The molecular weight excluding hydrogens is 328 g/mol. The molecule has 1 N–H and O–H groups in total. The van der Waals surface area contributed by atoms with Gasteiger partial charge in [-0.15, -0.1) is 0 Å². The van der Waals surface area contributed by atoms with E-state index in [1.807, 2.05) is 50.2 Å². The normalized spacial score (nSPS) is 12.1. The Morgan fingerprint density at radius 3 is 2.64 bits per heavy atom. The van der Waals surface area contributed by atoms with Crippen LogP contribution in [0, 0.1) is 13.8 Å². The number of fused-ring (bicyclic) bond motifs is 1. The number of rotatable bonds is 5. The highest BCUT2D eigenvalue weighted by Gasteiger charge is 2.16. The van der Waals surface area contributed by atoms with Gasteiger partial charge in [0.15, 0.2) is 0 Å². The Hall–Kier alpha value is -2.33. The van der Waals surface area contributed by atoms with Crippen molar-refractivity contribution in [3.05, 3.63) is 71.3 Å². The van der Waals surface area contributed by atoms with E-state index in [4.69, 9.17) is 4.98 Å². The molecule has 0 radical (unpaired) electrons. The summed E-state index contributed by atoms with van der Waals surface area (Å²) in [4.78, 5) is 17.1. The van der Waals surface area contributed by atoms with Crippen LogP contribution in [-0.4, -0.2) is 16.1 Å². The first kappa shape index (κ1) is 17.5. The molecule has 3 rings (SSSR count). The van der Waals surface area contributed by atoms with Crippen molar-refractivity contribution in [2.45, 2.75) is 37.6 Å². The standard InChI is InChI=1S/C21H22N2OS/c1-14-9-10-19-18(11-14)12-15(2)21(23-19)25-16(3)20(24)22-13-17-7-5-4-6-8-17/h4-12,16H,13H2,1-3H3,(H,22,24). The number of hydrogen-bond donors (Lipinski definition) is 1. The van der Waals surface area contributed by atoms with Crippen molar-refractivity contribution in [1.29, 1.82) is 0 Å². The van der Waals surface area contributed by atoms with Crippen molar-refractivity contribution in [3.63, 3.8) is 0 Å². The van der Waals surface area contributed by atoms with Crippen LogP contribution in [0.1, 0.15) is 23.6 Å². The minimum Gasteiger partial charge on any atom is -0.351 e. The predicted octanol–water partition coefficient (Wildman–Crippen LogP) is 4.65. The molecular formula is C21H22N2OS. The third kappa shape index (κ3) is 4.40. The van der Waals surface area contributed by atoms with E-state index in [9.17, 15) is 4.79 Å². The first-order chi connectivity index (χ1) is 12.0. The molecule has 0 aliphatic heterocycles. The third-order valence-corrected chi connectivity index (χ3v) is 5.29. The van der Waals surface area contributed by atoms with Crippen molar-refractivity contribution in [2.75, 3.05) is 0 Å². The Balaban J connectivity index is 1.68. The molecule has 2 aromatic carbocycles. The summed E-state index contributed by atoms with van der Waals surface area (Å²) in [5.74, 6) is 0.0269. The van der Waals surface area contributed by atoms with Crippen LogP contribution in [0.15, 0.2) is 59.6 Å². The van der Waals surface area contributed by atoms with Gasteiger partial charge < -0.3 is 5.32 Å². The highest BCUT2D eigenvalue weighted by Crippen LogP contribution is 2.28. The molecule has 1 amide bonds. The molecule has 25 heavy (non-hydrogen) atoms. The van der Waals surface area contributed by atoms with Gasteiger partial charge in [-0.25, -0.2) is 4.98 Å². The first-order valence-corrected chi connectivity index (χ1v) is 9.27. The summed E-state index contributed by atoms with van der Waals surface area (Å²) in [6, 6.07) is 18.3. The molecule has 1 heterocycles. The molecule has 0 saturated carbocycles. The summed E-state index contributed by atoms with van der Waals surface area (Å²) in [5.41, 5.74) is 4.40. The average Bonchev–Trinajstić information content (AvgIpc) is 2.61. The Bertz CT molecular complexity index is 893. The minimum atomic E-state index is -0.196. The van der Waals surface area contributed by atoms with Gasteiger partial charge in [-0.2, -0.15) is 0 Å². The quantitative estimate of drug-likeness (QED) is 0.681. The molecule has 0 fully saturated rings. The number of amides is 1. The van der Waals surface area contributed by atoms with E-state index in [0.29, 0.717) is 6.54 Å². The summed E-state index contributed by atoms with van der Waals surface area (Å²) >= 11 is 1.51. The van der Waals surface area contributed by atoms with Crippen LogP contribution in [0.5, 0.6) is 0 Å². The van der Waals surface area contributed by atoms with Gasteiger partial charge in [0.1, 0.15) is 5.03 Å². The predicted molar refractivity (Wildman–Crippen MR) is 105 cm³/mol. The minimum absolute atomic E-state index is 0.0269. The van der Waals surface area contributed by atoms with Gasteiger partial charge in [0, 0.05) is 11.9 Å². The van der Waals surface area contributed by atoms with Gasteiger partial charge in [-0.1, -0.05) is 53.7 Å². The van der Waals surface area contributed by atoms with E-state index in [1.165, 1.54) is 17.3 Å². The summed E-state index contributed by atoms with van der Waals surface area (Å²) in [6.45, 7) is 6.60. The molecule has 0 bridgehead atoms. The van der Waals surface area contributed by atoms with Crippen LogP contribution in [0.3, 0.4) is 0 Å². The van der Waals surface area contributed by atoms with Crippen molar-refractivity contribution in [2.24, 2.45) is 0 Å². The maximum atomic E-state index is 12.4. The van der Waals surface area contributed by atoms with Crippen LogP contribution in [0.25, 0.3) is 10.9 Å². The lowest BCUT2D eigenvalue weighted by atomic mass is 10.1. The average molecular weight is 350 g/mol. The number of nitrogens with one attached hydrogen (secondary N) is 1. The van der Waals surface area contributed by atoms with E-state index < -0.39 is 0 Å². The maximum Gasteiger partial charge on any atom is 0.233 e. The highest BCUT2D eigenvalue weighted by atomic mass is 32.2. The molecule has 3 nitrogen and oxygen atoms in total. The number of hydrogen-bond acceptors (Lipinski definition) is 3. The summed E-state index contributed by atoms with van der Waals surface area (Å²) in [5, 5.41) is 4.86. The summed E-state index contributed by atoms with van der Waals surface area (Å²) < 4.78 is 0. The number of nitrogens with zero attached hydrogens (tertiary/aromatic N) is 1. The zero-order valence-electron chi connectivity index (χ0n) is 14.7. The number of thioether (sulfide) groups is 1. The fraction of sp³-hybridized carbons (Fsp3) is 0.238. The zero-order chi connectivity index (χ0) is 17.8. The number of benzene rings is 2. The van der Waals surface area contributed by atoms with Crippen LogP contribution in [0.2, 0.25) is 0 Å². The largest absolute Gasteiger partial charge is 0.351 e. The second-order valence-electron chi connectivity index (χ2n) is 6.27. The van der Waals surface area contributed by atoms with Crippen LogP contribution in [0.4, 0.5) is 0 Å². The highest BCUT2D eigenvalue weighted by molar-refractivity contribution is 8.00. The second-order valence-corrected chi connectivity index (χ2v) is 7.60. The molecule has 0 aliphatic rings. The Morgan fingerprint density at radius 2 is 1.88 bits per heavy atom. The van der Waals surface area contributed by atoms with Crippen molar-refractivity contribution in [3.8, 4) is 0 Å². The van der Waals surface area contributed by atoms with Crippen molar-refractivity contribution >= 4 is 28.6 Å². The lowest BCUT2D eigenvalue weighted by Crippen LogP contribution is -2.30. The van der Waals surface area contributed by atoms with Crippen molar-refractivity contribution < 1.29 is 4.79 Å². The molecule has 128 valence electrons. The van der Waals surface area contributed by atoms with Crippen LogP contribution in [-0.2, 0) is 11.3 Å². The zero-order valence-corrected chi connectivity index (χ0v) is 15.6. The molecule has 1 aromatic heterocycles. The van der Waals surface area contributed by atoms with Gasteiger partial charge >= 0.3 is 0 Å². The fourth-order valence-electron chi connectivity index (χ4n) is 2.65. The third-order valence-electron chi connectivity index (χ3n) is 4.08. The lowest BCUT2D eigenvalue weighted by molar-refractivity contribution is -0.120. The number of carbonyl (C=O) groups is 1.